The van der Waals surface area contributed by atoms with Crippen LogP contribution in [0.2, 0.25) is 0 Å². The van der Waals surface area contributed by atoms with Crippen LogP contribution >= 0.6 is 0 Å². The molecule has 0 radical (unpaired) electrons. The Labute approximate surface area is 109 Å². The average Bonchev–Trinajstić information content (AvgIpc) is 2.37. The molecular formula is C14H24N2O2. The third kappa shape index (κ3) is 5.14. The molecule has 0 aliphatic heterocycles. The lowest BCUT2D eigenvalue weighted by Crippen LogP contribution is -2.40. The number of benzene rings is 1. The van der Waals surface area contributed by atoms with Crippen LogP contribution in [0.1, 0.15) is 16.7 Å². The van der Waals surface area contributed by atoms with E-state index in [2.05, 4.69) is 37.5 Å². The second-order valence-corrected chi connectivity index (χ2v) is 4.55. The van der Waals surface area contributed by atoms with E-state index in [9.17, 15) is 0 Å². The highest BCUT2D eigenvalue weighted by Gasteiger charge is 2.08. The summed E-state index contributed by atoms with van der Waals surface area (Å²) < 4.78 is 10.4. The monoisotopic (exact) mass is 252 g/mol. The summed E-state index contributed by atoms with van der Waals surface area (Å²) in [7, 11) is 1.66. The van der Waals surface area contributed by atoms with Gasteiger partial charge in [-0.2, -0.15) is 0 Å². The number of aryl methyl sites for hydroxylation is 2. The van der Waals surface area contributed by atoms with E-state index in [0.717, 1.165) is 6.42 Å². The smallest absolute Gasteiger partial charge is 0.0701 e. The van der Waals surface area contributed by atoms with Crippen LogP contribution in [0.5, 0.6) is 0 Å². The first kappa shape index (κ1) is 15.1. The van der Waals surface area contributed by atoms with Gasteiger partial charge in [-0.3, -0.25) is 11.3 Å². The lowest BCUT2D eigenvalue weighted by molar-refractivity contribution is 0.0587. The fourth-order valence-corrected chi connectivity index (χ4v) is 1.75. The lowest BCUT2D eigenvalue weighted by Gasteiger charge is -2.16. The average molecular weight is 252 g/mol. The summed E-state index contributed by atoms with van der Waals surface area (Å²) in [5.41, 5.74) is 6.69. The minimum absolute atomic E-state index is 0.129. The van der Waals surface area contributed by atoms with Crippen LogP contribution in [0.3, 0.4) is 0 Å². The van der Waals surface area contributed by atoms with Crippen molar-refractivity contribution in [1.29, 1.82) is 0 Å². The van der Waals surface area contributed by atoms with Gasteiger partial charge in [0, 0.05) is 13.2 Å². The molecule has 0 aliphatic rings. The van der Waals surface area contributed by atoms with Crippen molar-refractivity contribution in [1.82, 2.24) is 5.43 Å². The van der Waals surface area contributed by atoms with Crippen molar-refractivity contribution >= 4 is 0 Å². The lowest BCUT2D eigenvalue weighted by atomic mass is 10.0. The summed E-state index contributed by atoms with van der Waals surface area (Å²) in [4.78, 5) is 0. The van der Waals surface area contributed by atoms with E-state index in [1.54, 1.807) is 7.11 Å². The molecule has 1 atom stereocenters. The van der Waals surface area contributed by atoms with Gasteiger partial charge in [0.15, 0.2) is 0 Å². The van der Waals surface area contributed by atoms with Crippen LogP contribution in [-0.4, -0.2) is 33.0 Å². The van der Waals surface area contributed by atoms with Crippen molar-refractivity contribution in [2.75, 3.05) is 26.9 Å². The third-order valence-corrected chi connectivity index (χ3v) is 3.04. The zero-order valence-electron chi connectivity index (χ0n) is 11.5. The molecule has 1 rings (SSSR count). The summed E-state index contributed by atoms with van der Waals surface area (Å²) in [6, 6.07) is 6.62. The van der Waals surface area contributed by atoms with Gasteiger partial charge in [-0.1, -0.05) is 18.2 Å². The molecule has 0 aliphatic carbocycles. The highest BCUT2D eigenvalue weighted by molar-refractivity contribution is 5.30. The fourth-order valence-electron chi connectivity index (χ4n) is 1.75. The minimum Gasteiger partial charge on any atom is -0.382 e. The Balaban J connectivity index is 2.44. The highest BCUT2D eigenvalue weighted by Crippen LogP contribution is 2.11. The number of hydrogen-bond acceptors (Lipinski definition) is 4. The van der Waals surface area contributed by atoms with Gasteiger partial charge in [0.25, 0.3) is 0 Å². The topological polar surface area (TPSA) is 56.5 Å². The first-order chi connectivity index (χ1) is 8.67. The van der Waals surface area contributed by atoms with E-state index < -0.39 is 0 Å². The molecule has 0 saturated carbocycles. The summed E-state index contributed by atoms with van der Waals surface area (Å²) >= 11 is 0. The van der Waals surface area contributed by atoms with E-state index in [1.807, 2.05) is 0 Å². The highest BCUT2D eigenvalue weighted by atomic mass is 16.5. The van der Waals surface area contributed by atoms with Crippen molar-refractivity contribution in [3.05, 3.63) is 34.9 Å². The number of hydrazine groups is 1. The van der Waals surface area contributed by atoms with Gasteiger partial charge in [-0.25, -0.2) is 0 Å². The zero-order valence-corrected chi connectivity index (χ0v) is 11.5. The van der Waals surface area contributed by atoms with Gasteiger partial charge in [0.1, 0.15) is 0 Å². The molecule has 3 N–H and O–H groups in total. The fraction of sp³-hybridized carbons (Fsp3) is 0.571. The molecule has 0 bridgehead atoms. The van der Waals surface area contributed by atoms with Gasteiger partial charge in [0.2, 0.25) is 0 Å². The van der Waals surface area contributed by atoms with E-state index in [4.69, 9.17) is 15.3 Å². The van der Waals surface area contributed by atoms with E-state index >= 15 is 0 Å². The second kappa shape index (κ2) is 8.21. The Kier molecular flexibility index (Phi) is 6.90. The molecule has 0 heterocycles. The molecule has 102 valence electrons. The number of nitrogens with two attached hydrogens (primary N) is 1. The molecule has 1 aromatic rings. The van der Waals surface area contributed by atoms with Gasteiger partial charge < -0.3 is 9.47 Å². The molecule has 4 nitrogen and oxygen atoms in total. The van der Waals surface area contributed by atoms with Gasteiger partial charge >= 0.3 is 0 Å². The first-order valence-corrected chi connectivity index (χ1v) is 6.26. The number of nitrogens with one attached hydrogen (secondary N) is 1. The Morgan fingerprint density at radius 1 is 1.22 bits per heavy atom. The molecule has 18 heavy (non-hydrogen) atoms. The Bertz CT molecular complexity index is 356. The van der Waals surface area contributed by atoms with Crippen molar-refractivity contribution in [2.45, 2.75) is 26.3 Å². The predicted molar refractivity (Wildman–Crippen MR) is 73.4 cm³/mol. The molecule has 1 unspecified atom stereocenters. The number of hydrogen-bond donors (Lipinski definition) is 2. The Morgan fingerprint density at radius 3 is 2.61 bits per heavy atom. The van der Waals surface area contributed by atoms with E-state index in [1.165, 1.54) is 16.7 Å². The summed E-state index contributed by atoms with van der Waals surface area (Å²) in [5.74, 6) is 5.54. The maximum absolute atomic E-state index is 5.54. The standard InChI is InChI=1S/C14H24N2O2/c1-11-4-5-13(8-12(11)2)9-14(16-15)10-18-7-6-17-3/h4-5,8,14,16H,6-7,9-10,15H2,1-3H3. The Morgan fingerprint density at radius 2 is 2.00 bits per heavy atom. The van der Waals surface area contributed by atoms with Crippen LogP contribution in [0.15, 0.2) is 18.2 Å². The summed E-state index contributed by atoms with van der Waals surface area (Å²) in [6.45, 7) is 6.04. The quantitative estimate of drug-likeness (QED) is 0.416. The van der Waals surface area contributed by atoms with Crippen LogP contribution in [0.25, 0.3) is 0 Å². The molecule has 0 saturated heterocycles. The van der Waals surface area contributed by atoms with Gasteiger partial charge in [0.05, 0.1) is 19.8 Å². The third-order valence-electron chi connectivity index (χ3n) is 3.04. The van der Waals surface area contributed by atoms with Crippen LogP contribution < -0.4 is 11.3 Å². The molecule has 0 amide bonds. The normalized spacial score (nSPS) is 12.7. The Hall–Kier alpha value is -0.940. The van der Waals surface area contributed by atoms with E-state index in [0.29, 0.717) is 19.8 Å². The molecule has 0 fully saturated rings. The predicted octanol–water partition coefficient (Wildman–Crippen LogP) is 1.34. The van der Waals surface area contributed by atoms with Crippen LogP contribution in [-0.2, 0) is 15.9 Å². The van der Waals surface area contributed by atoms with Crippen molar-refractivity contribution in [3.63, 3.8) is 0 Å². The SMILES string of the molecule is COCCOCC(Cc1ccc(C)c(C)c1)NN. The van der Waals surface area contributed by atoms with Crippen LogP contribution in [0.4, 0.5) is 0 Å². The summed E-state index contributed by atoms with van der Waals surface area (Å²) in [5, 5.41) is 0. The van der Waals surface area contributed by atoms with Crippen molar-refractivity contribution in [3.8, 4) is 0 Å². The number of rotatable bonds is 8. The van der Waals surface area contributed by atoms with Gasteiger partial charge in [-0.15, -0.1) is 0 Å². The number of methoxy groups -OCH3 is 1. The molecule has 0 aromatic heterocycles. The second-order valence-electron chi connectivity index (χ2n) is 4.55. The largest absolute Gasteiger partial charge is 0.382 e. The van der Waals surface area contributed by atoms with Crippen molar-refractivity contribution in [2.24, 2.45) is 5.84 Å². The minimum atomic E-state index is 0.129. The number of ether oxygens (including phenoxy) is 2. The van der Waals surface area contributed by atoms with Crippen molar-refractivity contribution < 1.29 is 9.47 Å². The maximum atomic E-state index is 5.54. The molecule has 0 spiro atoms. The molecule has 4 heteroatoms. The molecule has 1 aromatic carbocycles. The van der Waals surface area contributed by atoms with E-state index in [-0.39, 0.29) is 6.04 Å². The first-order valence-electron chi connectivity index (χ1n) is 6.26. The summed E-state index contributed by atoms with van der Waals surface area (Å²) in [6.07, 6.45) is 0.866. The maximum Gasteiger partial charge on any atom is 0.0701 e. The van der Waals surface area contributed by atoms with Crippen LogP contribution in [0, 0.1) is 13.8 Å². The molecular weight excluding hydrogens is 228 g/mol. The zero-order chi connectivity index (χ0) is 13.4. The van der Waals surface area contributed by atoms with Gasteiger partial charge in [-0.05, 0) is 37.0 Å².